The number of aliphatic hydroxyl groups excluding tert-OH is 3. The first kappa shape index (κ1) is 42.5. The molecule has 6 rings (SSSR count). The number of aliphatic hydroxyl groups is 3. The van der Waals surface area contributed by atoms with Crippen molar-refractivity contribution in [2.24, 2.45) is 28.0 Å². The van der Waals surface area contributed by atoms with Crippen LogP contribution in [-0.4, -0.2) is 126 Å². The zero-order valence-electron chi connectivity index (χ0n) is 31.1. The Morgan fingerprint density at radius 1 is 0.702 bits per heavy atom. The summed E-state index contributed by atoms with van der Waals surface area (Å²) in [5.74, 6) is -0.725. The lowest BCUT2D eigenvalue weighted by atomic mass is 9.84. The monoisotopic (exact) mass is 793 g/mol. The minimum Gasteiger partial charge on any atom is -0.450 e. The van der Waals surface area contributed by atoms with Gasteiger partial charge in [0.2, 0.25) is 0 Å². The first-order valence-electron chi connectivity index (χ1n) is 18.8. The Hall–Kier alpha value is -4.08. The molecule has 11 N–H and O–H groups in total. The molecule has 0 unspecified atom stereocenters. The Balaban J connectivity index is 1.33. The van der Waals surface area contributed by atoms with E-state index in [4.69, 9.17) is 56.1 Å². The van der Waals surface area contributed by atoms with Crippen LogP contribution in [0, 0.1) is 0 Å². The van der Waals surface area contributed by atoms with Crippen LogP contribution in [0.5, 0.6) is 0 Å². The van der Waals surface area contributed by atoms with Crippen LogP contribution in [0.1, 0.15) is 27.9 Å². The molecule has 3 fully saturated rings. The highest BCUT2D eigenvalue weighted by Crippen LogP contribution is 2.35. The van der Waals surface area contributed by atoms with Crippen LogP contribution in [0.3, 0.4) is 0 Å². The van der Waals surface area contributed by atoms with Crippen molar-refractivity contribution in [2.75, 3.05) is 13.1 Å². The molecule has 0 spiro atoms. The summed E-state index contributed by atoms with van der Waals surface area (Å²) < 4.78 is 44.1. The zero-order chi connectivity index (χ0) is 40.5. The van der Waals surface area contributed by atoms with E-state index in [9.17, 15) is 25.6 Å². The lowest BCUT2D eigenvalue weighted by Gasteiger charge is -2.49. The average Bonchev–Trinajstić information content (AvgIpc) is 3.23. The molecule has 2 aliphatic heterocycles. The van der Waals surface area contributed by atoms with Crippen molar-refractivity contribution in [2.45, 2.75) is 111 Å². The number of carbonyl (C=O) groups excluding carboxylic acids is 1. The number of rotatable bonds is 15. The number of nitrogens with zero attached hydrogens (tertiary/aromatic N) is 3. The van der Waals surface area contributed by atoms with Gasteiger partial charge in [0.25, 0.3) is 0 Å². The first-order chi connectivity index (χ1) is 27.6. The SMILES string of the molecule is [N-]=[N+]=NC[C@H]1O[C@@H](O[C@@H]2[C@@H](O)[C@H](O[C@H]3O[C@H](CN)[C@@H](O)[C@H](O)[C@H]3N)[C@@H](N)C[C@H]2N)[C@H](OC(=O)c2ccccc2)[C@@H](OCc2ccccc2)[C@@H]1OCc1ccccc1. The molecule has 1 saturated carbocycles. The van der Waals surface area contributed by atoms with Gasteiger partial charge < -0.3 is 71.4 Å². The lowest BCUT2D eigenvalue weighted by molar-refractivity contribution is -0.336. The fourth-order valence-electron chi connectivity index (χ4n) is 7.29. The van der Waals surface area contributed by atoms with Gasteiger partial charge in [-0.3, -0.25) is 0 Å². The van der Waals surface area contributed by atoms with E-state index in [2.05, 4.69) is 10.0 Å². The number of carbonyl (C=O) groups is 1. The maximum atomic E-state index is 13.8. The van der Waals surface area contributed by atoms with E-state index in [0.29, 0.717) is 0 Å². The molecular formula is C39H51N7O11. The largest absolute Gasteiger partial charge is 0.450 e. The van der Waals surface area contributed by atoms with Crippen molar-refractivity contribution in [3.63, 3.8) is 0 Å². The number of hydrogen-bond acceptors (Lipinski definition) is 16. The number of hydrogen-bond donors (Lipinski definition) is 7. The summed E-state index contributed by atoms with van der Waals surface area (Å²) in [6, 6.07) is 24.0. The van der Waals surface area contributed by atoms with Gasteiger partial charge in [-0.05, 0) is 35.2 Å². The molecule has 2 saturated heterocycles. The Kier molecular flexibility index (Phi) is 15.0. The quantitative estimate of drug-likeness (QED) is 0.0473. The van der Waals surface area contributed by atoms with Gasteiger partial charge in [0, 0.05) is 23.5 Å². The molecule has 57 heavy (non-hydrogen) atoms. The third-order valence-corrected chi connectivity index (χ3v) is 10.4. The summed E-state index contributed by atoms with van der Waals surface area (Å²) in [5.41, 5.74) is 36.2. The van der Waals surface area contributed by atoms with Gasteiger partial charge in [-0.15, -0.1) is 0 Å². The minimum absolute atomic E-state index is 0.0549. The molecule has 18 nitrogen and oxygen atoms in total. The highest BCUT2D eigenvalue weighted by molar-refractivity contribution is 5.89. The summed E-state index contributed by atoms with van der Waals surface area (Å²) in [5, 5.41) is 36.6. The van der Waals surface area contributed by atoms with Crippen molar-refractivity contribution in [1.29, 1.82) is 0 Å². The van der Waals surface area contributed by atoms with Crippen LogP contribution in [0.4, 0.5) is 0 Å². The van der Waals surface area contributed by atoms with Gasteiger partial charge in [-0.25, -0.2) is 4.79 Å². The molecule has 1 aliphatic carbocycles. The van der Waals surface area contributed by atoms with E-state index in [0.717, 1.165) is 11.1 Å². The summed E-state index contributed by atoms with van der Waals surface area (Å²) in [4.78, 5) is 16.7. The molecular weight excluding hydrogens is 742 g/mol. The molecule has 0 amide bonds. The number of ether oxygens (including phenoxy) is 7. The first-order valence-corrected chi connectivity index (χ1v) is 18.8. The number of benzene rings is 3. The molecule has 15 atom stereocenters. The van der Waals surface area contributed by atoms with Crippen molar-refractivity contribution in [3.05, 3.63) is 118 Å². The lowest BCUT2D eigenvalue weighted by Crippen LogP contribution is -2.69. The van der Waals surface area contributed by atoms with Crippen LogP contribution < -0.4 is 22.9 Å². The van der Waals surface area contributed by atoms with Gasteiger partial charge >= 0.3 is 5.97 Å². The van der Waals surface area contributed by atoms with Crippen molar-refractivity contribution < 1.29 is 53.3 Å². The molecule has 0 aromatic heterocycles. The van der Waals surface area contributed by atoms with Gasteiger partial charge in [0.05, 0.1) is 37.5 Å². The standard InChI is InChI=1S/C39H51N7O11/c40-17-26-29(47)30(48)28(43)38(53-26)56-32-24(41)16-25(42)33(31(32)49)57-39-36(55-37(50)23-14-8-3-9-15-23)35(52-20-22-12-6-2-7-13-22)34(27(54-39)18-45-46-44)51-19-21-10-4-1-5-11-21/h1-15,24-36,38-39,47-49H,16-20,40-43H2/t24-,25+,26+,27+,28+,29+,30+,31-,32+,33-,34+,35-,36+,38+,39-/m0/s1. The predicted octanol–water partition coefficient (Wildman–Crippen LogP) is 0.340. The van der Waals surface area contributed by atoms with Crippen LogP contribution in [0.2, 0.25) is 0 Å². The second-order valence-corrected chi connectivity index (χ2v) is 14.3. The van der Waals surface area contributed by atoms with E-state index in [-0.39, 0.29) is 38.3 Å². The maximum Gasteiger partial charge on any atom is 0.338 e. The highest BCUT2D eigenvalue weighted by Gasteiger charge is 2.54. The maximum absolute atomic E-state index is 13.8. The average molecular weight is 794 g/mol. The number of nitrogens with two attached hydrogens (primary N) is 4. The van der Waals surface area contributed by atoms with Crippen LogP contribution >= 0.6 is 0 Å². The summed E-state index contributed by atoms with van der Waals surface area (Å²) in [6.07, 6.45) is -15.0. The van der Waals surface area contributed by atoms with Crippen LogP contribution in [0.25, 0.3) is 10.4 Å². The van der Waals surface area contributed by atoms with E-state index in [1.54, 1.807) is 30.3 Å². The Morgan fingerprint density at radius 2 is 1.23 bits per heavy atom. The van der Waals surface area contributed by atoms with Gasteiger partial charge in [-0.2, -0.15) is 0 Å². The fraction of sp³-hybridized carbons (Fsp3) is 0.513. The zero-order valence-corrected chi connectivity index (χ0v) is 31.1. The number of esters is 1. The van der Waals surface area contributed by atoms with E-state index < -0.39 is 97.7 Å². The molecule has 308 valence electrons. The molecule has 3 aromatic carbocycles. The molecule has 0 radical (unpaired) electrons. The normalized spacial score (nSPS) is 35.5. The highest BCUT2D eigenvalue weighted by atomic mass is 16.7. The third-order valence-electron chi connectivity index (χ3n) is 10.4. The van der Waals surface area contributed by atoms with Crippen LogP contribution in [-0.2, 0) is 46.4 Å². The predicted molar refractivity (Wildman–Crippen MR) is 202 cm³/mol. The van der Waals surface area contributed by atoms with E-state index in [1.165, 1.54) is 0 Å². The third kappa shape index (κ3) is 10.3. The fourth-order valence-corrected chi connectivity index (χ4v) is 7.29. The molecule has 0 bridgehead atoms. The van der Waals surface area contributed by atoms with Crippen molar-refractivity contribution in [1.82, 2.24) is 0 Å². The topological polar surface area (TPSA) is 295 Å². The second-order valence-electron chi connectivity index (χ2n) is 14.3. The molecule has 2 heterocycles. The van der Waals surface area contributed by atoms with E-state index >= 15 is 0 Å². The second kappa shape index (κ2) is 20.1. The molecule has 18 heteroatoms. The smallest absolute Gasteiger partial charge is 0.338 e. The Labute approximate surface area is 329 Å². The van der Waals surface area contributed by atoms with Crippen molar-refractivity contribution in [3.8, 4) is 0 Å². The minimum atomic E-state index is -1.56. The summed E-state index contributed by atoms with van der Waals surface area (Å²) in [6.45, 7) is -0.227. The Bertz CT molecular complexity index is 1750. The summed E-state index contributed by atoms with van der Waals surface area (Å²) >= 11 is 0. The number of azide groups is 1. The van der Waals surface area contributed by atoms with Crippen molar-refractivity contribution >= 4 is 5.97 Å². The van der Waals surface area contributed by atoms with E-state index in [1.807, 2.05) is 60.7 Å². The Morgan fingerprint density at radius 3 is 1.79 bits per heavy atom. The summed E-state index contributed by atoms with van der Waals surface area (Å²) in [7, 11) is 0. The van der Waals surface area contributed by atoms with Gasteiger partial charge in [0.15, 0.2) is 18.7 Å². The molecule has 3 aliphatic rings. The van der Waals surface area contributed by atoms with Gasteiger partial charge in [0.1, 0.15) is 48.8 Å². The van der Waals surface area contributed by atoms with Crippen LogP contribution in [0.15, 0.2) is 96.1 Å². The molecule has 3 aromatic rings. The van der Waals surface area contributed by atoms with Gasteiger partial charge in [-0.1, -0.05) is 84.0 Å².